The number of nitrogens with one attached hydrogen (secondary N) is 1. The minimum atomic E-state index is 0.430. The predicted molar refractivity (Wildman–Crippen MR) is 77.8 cm³/mol. The van der Waals surface area contributed by atoms with E-state index < -0.39 is 0 Å². The van der Waals surface area contributed by atoms with Gasteiger partial charge in [0.2, 0.25) is 0 Å². The van der Waals surface area contributed by atoms with Gasteiger partial charge < -0.3 is 14.3 Å². The van der Waals surface area contributed by atoms with E-state index >= 15 is 0 Å². The minimum Gasteiger partial charge on any atom is -0.497 e. The van der Waals surface area contributed by atoms with Crippen molar-refractivity contribution >= 4 is 23.3 Å². The number of imidazole rings is 1. The number of nitrogens with zero attached hydrogens (tertiary/aromatic N) is 1. The molecule has 2 aromatic rings. The Bertz CT molecular complexity index is 597. The molecule has 0 saturated carbocycles. The number of methoxy groups -OCH3 is 1. The topological polar surface area (TPSA) is 29.9 Å². The molecule has 0 aliphatic carbocycles. The Hall–Kier alpha value is -1.29. The monoisotopic (exact) mass is 264 g/mol. The van der Waals surface area contributed by atoms with Crippen LogP contribution in [-0.4, -0.2) is 16.7 Å². The molecule has 1 unspecified atom stereocenters. The van der Waals surface area contributed by atoms with E-state index in [0.717, 1.165) is 28.0 Å². The Balaban J connectivity index is 2.64. The van der Waals surface area contributed by atoms with Gasteiger partial charge >= 0.3 is 0 Å². The largest absolute Gasteiger partial charge is 0.497 e. The lowest BCUT2D eigenvalue weighted by molar-refractivity contribution is 0.370. The number of benzene rings is 1. The fourth-order valence-electron chi connectivity index (χ4n) is 2.52. The quantitative estimate of drug-likeness (QED) is 0.834. The van der Waals surface area contributed by atoms with Gasteiger partial charge in [-0.1, -0.05) is 20.8 Å². The molecule has 0 spiro atoms. The lowest BCUT2D eigenvalue weighted by atomic mass is 10.0. The van der Waals surface area contributed by atoms with Gasteiger partial charge in [0.15, 0.2) is 4.77 Å². The van der Waals surface area contributed by atoms with Gasteiger partial charge in [-0.3, -0.25) is 0 Å². The molecule has 1 heterocycles. The van der Waals surface area contributed by atoms with Crippen LogP contribution in [0.3, 0.4) is 0 Å². The van der Waals surface area contributed by atoms with Crippen LogP contribution in [0.15, 0.2) is 18.2 Å². The fraction of sp³-hybridized carbons (Fsp3) is 0.500. The first-order valence-electron chi connectivity index (χ1n) is 6.36. The normalized spacial score (nSPS) is 13.2. The van der Waals surface area contributed by atoms with Gasteiger partial charge in [0.1, 0.15) is 5.75 Å². The zero-order valence-electron chi connectivity index (χ0n) is 11.4. The third kappa shape index (κ3) is 2.17. The first-order valence-corrected chi connectivity index (χ1v) is 6.77. The van der Waals surface area contributed by atoms with E-state index in [1.54, 1.807) is 7.11 Å². The van der Waals surface area contributed by atoms with Gasteiger partial charge in [0.05, 0.1) is 18.1 Å². The van der Waals surface area contributed by atoms with Crippen molar-refractivity contribution in [1.29, 1.82) is 0 Å². The lowest BCUT2D eigenvalue weighted by Crippen LogP contribution is -2.14. The van der Waals surface area contributed by atoms with E-state index in [4.69, 9.17) is 17.0 Å². The van der Waals surface area contributed by atoms with Crippen molar-refractivity contribution in [1.82, 2.24) is 9.55 Å². The van der Waals surface area contributed by atoms with Crippen molar-refractivity contribution in [2.75, 3.05) is 7.11 Å². The van der Waals surface area contributed by atoms with Crippen LogP contribution in [-0.2, 0) is 0 Å². The summed E-state index contributed by atoms with van der Waals surface area (Å²) in [6.45, 7) is 6.67. The Morgan fingerprint density at radius 3 is 2.67 bits per heavy atom. The summed E-state index contributed by atoms with van der Waals surface area (Å²) >= 11 is 5.46. The molecule has 1 aromatic heterocycles. The van der Waals surface area contributed by atoms with E-state index in [1.807, 2.05) is 12.1 Å². The summed E-state index contributed by atoms with van der Waals surface area (Å²) in [5.41, 5.74) is 2.19. The van der Waals surface area contributed by atoms with Crippen LogP contribution in [0, 0.1) is 10.7 Å². The summed E-state index contributed by atoms with van der Waals surface area (Å²) in [6.07, 6.45) is 1.07. The van der Waals surface area contributed by atoms with Gasteiger partial charge in [-0.25, -0.2) is 0 Å². The Morgan fingerprint density at radius 1 is 1.39 bits per heavy atom. The summed E-state index contributed by atoms with van der Waals surface area (Å²) in [6, 6.07) is 6.48. The van der Waals surface area contributed by atoms with E-state index in [-0.39, 0.29) is 0 Å². The van der Waals surface area contributed by atoms with E-state index in [2.05, 4.69) is 36.4 Å². The number of H-pyrrole nitrogens is 1. The molecule has 0 radical (unpaired) electrons. The van der Waals surface area contributed by atoms with Crippen molar-refractivity contribution in [3.8, 4) is 5.75 Å². The number of fused-ring (bicyclic) bond motifs is 1. The average molecular weight is 264 g/mol. The maximum absolute atomic E-state index is 5.46. The van der Waals surface area contributed by atoms with Crippen LogP contribution in [0.4, 0.5) is 0 Å². The second-order valence-electron chi connectivity index (χ2n) is 4.90. The standard InChI is InChI=1S/C14H20N2OS/c1-5-12(9(2)3)16-13-7-6-10(17-4)8-11(13)15-14(16)18/h6-9,12H,5H2,1-4H3,(H,15,18). The maximum atomic E-state index is 5.46. The minimum absolute atomic E-state index is 0.430. The molecule has 18 heavy (non-hydrogen) atoms. The smallest absolute Gasteiger partial charge is 0.178 e. The summed E-state index contributed by atoms with van der Waals surface area (Å²) in [4.78, 5) is 3.27. The molecule has 0 fully saturated rings. The first kappa shape index (κ1) is 13.1. The van der Waals surface area contributed by atoms with Crippen molar-refractivity contribution in [2.45, 2.75) is 33.2 Å². The molecule has 3 nitrogen and oxygen atoms in total. The third-order valence-electron chi connectivity index (χ3n) is 3.44. The molecule has 0 bridgehead atoms. The average Bonchev–Trinajstić information content (AvgIpc) is 2.66. The Labute approximate surface area is 113 Å². The molecule has 2 rings (SSSR count). The zero-order chi connectivity index (χ0) is 13.3. The molecular formula is C14H20N2OS. The van der Waals surface area contributed by atoms with E-state index in [1.165, 1.54) is 0 Å². The van der Waals surface area contributed by atoms with Crippen molar-refractivity contribution in [3.63, 3.8) is 0 Å². The lowest BCUT2D eigenvalue weighted by Gasteiger charge is -2.21. The number of rotatable bonds is 4. The predicted octanol–water partition coefficient (Wildman–Crippen LogP) is 4.31. The Morgan fingerprint density at radius 2 is 2.11 bits per heavy atom. The molecule has 1 N–H and O–H groups in total. The van der Waals surface area contributed by atoms with Gasteiger partial charge in [0, 0.05) is 12.1 Å². The highest BCUT2D eigenvalue weighted by atomic mass is 32.1. The molecule has 0 aliphatic heterocycles. The summed E-state index contributed by atoms with van der Waals surface area (Å²) in [5.74, 6) is 1.41. The number of aromatic nitrogens is 2. The first-order chi connectivity index (χ1) is 8.58. The highest BCUT2D eigenvalue weighted by Crippen LogP contribution is 2.28. The molecule has 1 atom stereocenters. The number of aromatic amines is 1. The number of ether oxygens (including phenoxy) is 1. The molecule has 1 aromatic carbocycles. The van der Waals surface area contributed by atoms with Gasteiger partial charge in [-0.2, -0.15) is 0 Å². The second-order valence-corrected chi connectivity index (χ2v) is 5.29. The van der Waals surface area contributed by atoms with Crippen molar-refractivity contribution in [3.05, 3.63) is 23.0 Å². The third-order valence-corrected chi connectivity index (χ3v) is 3.74. The van der Waals surface area contributed by atoms with Crippen LogP contribution >= 0.6 is 12.2 Å². The second kappa shape index (κ2) is 5.14. The van der Waals surface area contributed by atoms with Crippen LogP contribution in [0.5, 0.6) is 5.75 Å². The molecule has 4 heteroatoms. The molecule has 98 valence electrons. The van der Waals surface area contributed by atoms with E-state index in [9.17, 15) is 0 Å². The summed E-state index contributed by atoms with van der Waals surface area (Å²) in [7, 11) is 1.68. The molecule has 0 amide bonds. The van der Waals surface area contributed by atoms with Gasteiger partial charge in [0.25, 0.3) is 0 Å². The summed E-state index contributed by atoms with van der Waals surface area (Å²) < 4.78 is 8.26. The van der Waals surface area contributed by atoms with Crippen LogP contribution in [0.2, 0.25) is 0 Å². The summed E-state index contributed by atoms with van der Waals surface area (Å²) in [5, 5.41) is 0. The maximum Gasteiger partial charge on any atom is 0.178 e. The fourth-order valence-corrected chi connectivity index (χ4v) is 2.86. The molecule has 0 saturated heterocycles. The van der Waals surface area contributed by atoms with Crippen molar-refractivity contribution < 1.29 is 4.74 Å². The van der Waals surface area contributed by atoms with Crippen LogP contribution < -0.4 is 4.74 Å². The van der Waals surface area contributed by atoms with Gasteiger partial charge in [-0.15, -0.1) is 0 Å². The molecule has 0 aliphatic rings. The Kier molecular flexibility index (Phi) is 3.76. The number of hydrogen-bond donors (Lipinski definition) is 1. The number of hydrogen-bond acceptors (Lipinski definition) is 2. The van der Waals surface area contributed by atoms with Crippen LogP contribution in [0.1, 0.15) is 33.2 Å². The van der Waals surface area contributed by atoms with E-state index in [0.29, 0.717) is 12.0 Å². The van der Waals surface area contributed by atoms with Crippen LogP contribution in [0.25, 0.3) is 11.0 Å². The SMILES string of the molecule is CCC(C(C)C)n1c(=S)[nH]c2cc(OC)ccc21. The highest BCUT2D eigenvalue weighted by molar-refractivity contribution is 7.71. The molecular weight excluding hydrogens is 244 g/mol. The van der Waals surface area contributed by atoms with Crippen molar-refractivity contribution in [2.24, 2.45) is 5.92 Å². The zero-order valence-corrected chi connectivity index (χ0v) is 12.2. The highest BCUT2D eigenvalue weighted by Gasteiger charge is 2.17. The van der Waals surface area contributed by atoms with Gasteiger partial charge in [-0.05, 0) is 36.7 Å².